The number of aromatic nitrogens is 2. The number of hydrogen-bond acceptors (Lipinski definition) is 3. The minimum atomic E-state index is 0.265. The summed E-state index contributed by atoms with van der Waals surface area (Å²) in [5.74, 6) is 1.48. The Morgan fingerprint density at radius 3 is 3.08 bits per heavy atom. The molecule has 0 radical (unpaired) electrons. The van der Waals surface area contributed by atoms with Gasteiger partial charge in [0.2, 0.25) is 0 Å². The fourth-order valence-electron chi connectivity index (χ4n) is 1.42. The van der Waals surface area contributed by atoms with Gasteiger partial charge in [-0.15, -0.1) is 11.8 Å². The molecule has 1 N–H and O–H groups in total. The van der Waals surface area contributed by atoms with Crippen LogP contribution in [0.1, 0.15) is 24.6 Å². The average Bonchev–Trinajstić information content (AvgIpc) is 2.54. The second kappa shape index (κ2) is 3.39. The van der Waals surface area contributed by atoms with Crippen LogP contribution in [-0.2, 0) is 0 Å². The molecule has 1 aliphatic rings. The molecular formula is C8H12N2OS. The molecular weight excluding hydrogens is 172 g/mol. The van der Waals surface area contributed by atoms with Crippen molar-refractivity contribution < 1.29 is 5.11 Å². The van der Waals surface area contributed by atoms with E-state index in [-0.39, 0.29) is 5.75 Å². The van der Waals surface area contributed by atoms with Gasteiger partial charge in [0.1, 0.15) is 0 Å². The standard InChI is InChI=1S/C8H12N2OS/c11-7-5-9-10(6-7)8-3-1-2-4-12-8/h5-6,8,11H,1-4H2. The van der Waals surface area contributed by atoms with Crippen LogP contribution < -0.4 is 0 Å². The monoisotopic (exact) mass is 184 g/mol. The Bertz CT molecular complexity index is 255. The first kappa shape index (κ1) is 7.98. The van der Waals surface area contributed by atoms with Crippen LogP contribution >= 0.6 is 11.8 Å². The quantitative estimate of drug-likeness (QED) is 0.725. The molecule has 1 aromatic rings. The molecule has 3 nitrogen and oxygen atoms in total. The van der Waals surface area contributed by atoms with Crippen LogP contribution in [0.15, 0.2) is 12.4 Å². The highest BCUT2D eigenvalue weighted by molar-refractivity contribution is 7.99. The van der Waals surface area contributed by atoms with Gasteiger partial charge in [-0.1, -0.05) is 0 Å². The van der Waals surface area contributed by atoms with Crippen molar-refractivity contribution in [2.24, 2.45) is 0 Å². The third-order valence-electron chi connectivity index (χ3n) is 2.04. The van der Waals surface area contributed by atoms with Crippen molar-refractivity contribution >= 4 is 11.8 Å². The minimum Gasteiger partial charge on any atom is -0.505 e. The van der Waals surface area contributed by atoms with E-state index in [2.05, 4.69) is 5.10 Å². The molecule has 2 heterocycles. The van der Waals surface area contributed by atoms with Crippen molar-refractivity contribution in [2.45, 2.75) is 24.6 Å². The Morgan fingerprint density at radius 2 is 2.50 bits per heavy atom. The van der Waals surface area contributed by atoms with E-state index in [9.17, 15) is 0 Å². The van der Waals surface area contributed by atoms with E-state index in [0.717, 1.165) is 0 Å². The molecule has 0 aliphatic carbocycles. The summed E-state index contributed by atoms with van der Waals surface area (Å²) in [6.45, 7) is 0. The van der Waals surface area contributed by atoms with Gasteiger partial charge >= 0.3 is 0 Å². The lowest BCUT2D eigenvalue weighted by molar-refractivity contribution is 0.470. The van der Waals surface area contributed by atoms with Gasteiger partial charge in [0.15, 0.2) is 5.75 Å². The first-order valence-corrected chi connectivity index (χ1v) is 5.26. The number of hydrogen-bond donors (Lipinski definition) is 1. The summed E-state index contributed by atoms with van der Waals surface area (Å²) in [6, 6.07) is 0. The molecule has 12 heavy (non-hydrogen) atoms. The third-order valence-corrected chi connectivity index (χ3v) is 3.40. The van der Waals surface area contributed by atoms with Gasteiger partial charge in [-0.3, -0.25) is 4.68 Å². The lowest BCUT2D eigenvalue weighted by Crippen LogP contribution is -2.10. The summed E-state index contributed by atoms with van der Waals surface area (Å²) >= 11 is 1.92. The molecule has 1 unspecified atom stereocenters. The fourth-order valence-corrected chi connectivity index (χ4v) is 2.66. The zero-order valence-corrected chi connectivity index (χ0v) is 7.63. The molecule has 1 atom stereocenters. The summed E-state index contributed by atoms with van der Waals surface area (Å²) in [5.41, 5.74) is 0. The number of aromatic hydroxyl groups is 1. The first-order chi connectivity index (χ1) is 5.86. The van der Waals surface area contributed by atoms with Crippen molar-refractivity contribution in [1.82, 2.24) is 9.78 Å². The highest BCUT2D eigenvalue weighted by Gasteiger charge is 2.15. The maximum Gasteiger partial charge on any atom is 0.153 e. The largest absolute Gasteiger partial charge is 0.505 e. The SMILES string of the molecule is Oc1cnn(C2CCCCS2)c1. The predicted molar refractivity (Wildman–Crippen MR) is 49.2 cm³/mol. The molecule has 0 aromatic carbocycles. The molecule has 0 bridgehead atoms. The first-order valence-electron chi connectivity index (χ1n) is 4.21. The molecule has 1 aromatic heterocycles. The van der Waals surface area contributed by atoms with Crippen molar-refractivity contribution in [3.8, 4) is 5.75 Å². The smallest absolute Gasteiger partial charge is 0.153 e. The highest BCUT2D eigenvalue weighted by atomic mass is 32.2. The van der Waals surface area contributed by atoms with Crippen LogP contribution in [0.4, 0.5) is 0 Å². The van der Waals surface area contributed by atoms with Crippen LogP contribution in [0.2, 0.25) is 0 Å². The van der Waals surface area contributed by atoms with Gasteiger partial charge in [-0.2, -0.15) is 5.10 Å². The van der Waals surface area contributed by atoms with Gasteiger partial charge in [-0.05, 0) is 25.0 Å². The van der Waals surface area contributed by atoms with E-state index in [1.54, 1.807) is 6.20 Å². The number of nitrogens with zero attached hydrogens (tertiary/aromatic N) is 2. The van der Waals surface area contributed by atoms with Gasteiger partial charge in [-0.25, -0.2) is 0 Å². The Kier molecular flexibility index (Phi) is 2.26. The zero-order valence-electron chi connectivity index (χ0n) is 6.81. The van der Waals surface area contributed by atoms with Crippen LogP contribution in [0, 0.1) is 0 Å². The van der Waals surface area contributed by atoms with Gasteiger partial charge in [0.05, 0.1) is 17.8 Å². The van der Waals surface area contributed by atoms with Crippen molar-refractivity contribution in [3.05, 3.63) is 12.4 Å². The number of thioether (sulfide) groups is 1. The Hall–Kier alpha value is -0.640. The van der Waals surface area contributed by atoms with Crippen LogP contribution in [0.5, 0.6) is 5.75 Å². The Morgan fingerprint density at radius 1 is 1.58 bits per heavy atom. The molecule has 66 valence electrons. The summed E-state index contributed by atoms with van der Waals surface area (Å²) < 4.78 is 1.86. The summed E-state index contributed by atoms with van der Waals surface area (Å²) in [6.07, 6.45) is 6.96. The van der Waals surface area contributed by atoms with Crippen LogP contribution in [-0.4, -0.2) is 20.6 Å². The third kappa shape index (κ3) is 1.58. The van der Waals surface area contributed by atoms with E-state index < -0.39 is 0 Å². The average molecular weight is 184 g/mol. The van der Waals surface area contributed by atoms with Crippen molar-refractivity contribution in [1.29, 1.82) is 0 Å². The van der Waals surface area contributed by atoms with Crippen LogP contribution in [0.3, 0.4) is 0 Å². The van der Waals surface area contributed by atoms with E-state index in [1.807, 2.05) is 16.4 Å². The van der Waals surface area contributed by atoms with E-state index >= 15 is 0 Å². The van der Waals surface area contributed by atoms with Gasteiger partial charge in [0, 0.05) is 0 Å². The topological polar surface area (TPSA) is 38.1 Å². The van der Waals surface area contributed by atoms with Crippen molar-refractivity contribution in [3.63, 3.8) is 0 Å². The zero-order chi connectivity index (χ0) is 8.39. The molecule has 4 heteroatoms. The van der Waals surface area contributed by atoms with Crippen LogP contribution in [0.25, 0.3) is 0 Å². The second-order valence-corrected chi connectivity index (χ2v) is 4.29. The molecule has 1 fully saturated rings. The normalized spacial score (nSPS) is 24.2. The second-order valence-electron chi connectivity index (χ2n) is 3.00. The molecule has 0 spiro atoms. The molecule has 0 amide bonds. The predicted octanol–water partition coefficient (Wildman–Crippen LogP) is 2.00. The van der Waals surface area contributed by atoms with Crippen molar-refractivity contribution in [2.75, 3.05) is 5.75 Å². The maximum atomic E-state index is 9.09. The summed E-state index contributed by atoms with van der Waals surface area (Å²) in [7, 11) is 0. The van der Waals surface area contributed by atoms with E-state index in [0.29, 0.717) is 5.37 Å². The van der Waals surface area contributed by atoms with E-state index in [1.165, 1.54) is 31.2 Å². The minimum absolute atomic E-state index is 0.265. The van der Waals surface area contributed by atoms with E-state index in [4.69, 9.17) is 5.11 Å². The number of rotatable bonds is 1. The molecule has 1 saturated heterocycles. The Labute approximate surface area is 75.8 Å². The highest BCUT2D eigenvalue weighted by Crippen LogP contribution is 2.33. The fraction of sp³-hybridized carbons (Fsp3) is 0.625. The molecule has 2 rings (SSSR count). The lowest BCUT2D eigenvalue weighted by Gasteiger charge is -2.20. The molecule has 0 saturated carbocycles. The van der Waals surface area contributed by atoms with Gasteiger partial charge < -0.3 is 5.11 Å². The Balaban J connectivity index is 2.08. The summed E-state index contributed by atoms with van der Waals surface area (Å²) in [4.78, 5) is 0. The lowest BCUT2D eigenvalue weighted by atomic mass is 10.2. The summed E-state index contributed by atoms with van der Waals surface area (Å²) in [5, 5.41) is 13.6. The van der Waals surface area contributed by atoms with Gasteiger partial charge in [0.25, 0.3) is 0 Å². The maximum absolute atomic E-state index is 9.09. The molecule has 1 aliphatic heterocycles.